The summed E-state index contributed by atoms with van der Waals surface area (Å²) in [5, 5.41) is 0. The number of benzene rings is 1. The molecule has 0 heterocycles. The van der Waals surface area contributed by atoms with Gasteiger partial charge in [-0.25, -0.2) is 4.39 Å². The molecule has 3 aliphatic carbocycles. The Morgan fingerprint density at radius 1 is 0.871 bits per heavy atom. The third-order valence-corrected chi connectivity index (χ3v) is 9.53. The SMILES string of the molecule is C=CC1CCC(C2CCC(CCC)CC2)C(C2CC(C)CCC2c2ccc(F)cc2)C1. The molecule has 31 heavy (non-hydrogen) atoms. The number of halogens is 1. The van der Waals surface area contributed by atoms with Crippen molar-refractivity contribution in [3.8, 4) is 0 Å². The van der Waals surface area contributed by atoms with E-state index in [1.165, 1.54) is 82.6 Å². The van der Waals surface area contributed by atoms with E-state index in [1.807, 2.05) is 0 Å². The highest BCUT2D eigenvalue weighted by Gasteiger charge is 2.44. The maximum atomic E-state index is 13.6. The van der Waals surface area contributed by atoms with Gasteiger partial charge in [-0.3, -0.25) is 0 Å². The first kappa shape index (κ1) is 23.1. The Morgan fingerprint density at radius 3 is 2.29 bits per heavy atom. The first-order valence-corrected chi connectivity index (χ1v) is 13.5. The van der Waals surface area contributed by atoms with Crippen LogP contribution in [-0.2, 0) is 0 Å². The standard InChI is InChI=1S/C30H45F/c1-4-6-23-8-11-24(12-9-23)28-18-10-22(5-2)20-30(28)29-19-21(3)7-17-27(29)25-13-15-26(31)16-14-25/h5,13-16,21-24,27-30H,2,4,6-12,17-20H2,1,3H3. The predicted molar refractivity (Wildman–Crippen MR) is 131 cm³/mol. The molecule has 1 aromatic rings. The van der Waals surface area contributed by atoms with E-state index in [-0.39, 0.29) is 5.82 Å². The normalized spacial score (nSPS) is 39.2. The van der Waals surface area contributed by atoms with Crippen molar-refractivity contribution in [2.24, 2.45) is 41.4 Å². The van der Waals surface area contributed by atoms with Crippen LogP contribution >= 0.6 is 0 Å². The van der Waals surface area contributed by atoms with Crippen molar-refractivity contribution in [3.05, 3.63) is 48.3 Å². The maximum Gasteiger partial charge on any atom is 0.123 e. The van der Waals surface area contributed by atoms with Gasteiger partial charge in [-0.15, -0.1) is 6.58 Å². The molecule has 3 aliphatic rings. The van der Waals surface area contributed by atoms with Crippen molar-refractivity contribution in [2.75, 3.05) is 0 Å². The summed E-state index contributed by atoms with van der Waals surface area (Å²) in [6.07, 6.45) is 19.0. The van der Waals surface area contributed by atoms with E-state index in [9.17, 15) is 4.39 Å². The van der Waals surface area contributed by atoms with Crippen LogP contribution in [-0.4, -0.2) is 0 Å². The second-order valence-corrected chi connectivity index (χ2v) is 11.4. The van der Waals surface area contributed by atoms with Crippen LogP contribution in [0.4, 0.5) is 4.39 Å². The van der Waals surface area contributed by atoms with E-state index in [1.54, 1.807) is 12.1 Å². The molecule has 0 nitrogen and oxygen atoms in total. The fraction of sp³-hybridized carbons (Fsp3) is 0.733. The van der Waals surface area contributed by atoms with Gasteiger partial charge < -0.3 is 0 Å². The second kappa shape index (κ2) is 10.7. The molecule has 4 rings (SSSR count). The van der Waals surface area contributed by atoms with Gasteiger partial charge in [0.05, 0.1) is 0 Å². The summed E-state index contributed by atoms with van der Waals surface area (Å²) in [6, 6.07) is 7.54. The summed E-state index contributed by atoms with van der Waals surface area (Å²) >= 11 is 0. The Labute approximate surface area is 191 Å². The molecule has 172 valence electrons. The quantitative estimate of drug-likeness (QED) is 0.399. The van der Waals surface area contributed by atoms with Crippen LogP contribution in [0.2, 0.25) is 0 Å². The Kier molecular flexibility index (Phi) is 7.94. The predicted octanol–water partition coefficient (Wildman–Crippen LogP) is 9.17. The average molecular weight is 425 g/mol. The molecular formula is C30H45F. The van der Waals surface area contributed by atoms with Crippen molar-refractivity contribution >= 4 is 0 Å². The fourth-order valence-electron chi connectivity index (χ4n) is 7.89. The Balaban J connectivity index is 1.56. The van der Waals surface area contributed by atoms with Crippen molar-refractivity contribution in [1.82, 2.24) is 0 Å². The third-order valence-electron chi connectivity index (χ3n) is 9.53. The number of hydrogen-bond donors (Lipinski definition) is 0. The van der Waals surface area contributed by atoms with Gasteiger partial charge in [0.25, 0.3) is 0 Å². The summed E-state index contributed by atoms with van der Waals surface area (Å²) in [5.74, 6) is 6.45. The van der Waals surface area contributed by atoms with Crippen LogP contribution in [0, 0.1) is 47.2 Å². The lowest BCUT2D eigenvalue weighted by molar-refractivity contribution is 0.0292. The smallest absolute Gasteiger partial charge is 0.123 e. The summed E-state index contributed by atoms with van der Waals surface area (Å²) in [6.45, 7) is 9.00. The van der Waals surface area contributed by atoms with Crippen LogP contribution in [0.25, 0.3) is 0 Å². The number of hydrogen-bond acceptors (Lipinski definition) is 0. The molecule has 0 bridgehead atoms. The molecule has 6 unspecified atom stereocenters. The van der Waals surface area contributed by atoms with Crippen LogP contribution < -0.4 is 0 Å². The number of rotatable bonds is 6. The van der Waals surface area contributed by atoms with E-state index in [4.69, 9.17) is 0 Å². The molecule has 0 radical (unpaired) electrons. The van der Waals surface area contributed by atoms with Gasteiger partial charge in [0, 0.05) is 0 Å². The molecule has 3 fully saturated rings. The Hall–Kier alpha value is -1.11. The Morgan fingerprint density at radius 2 is 1.61 bits per heavy atom. The zero-order valence-corrected chi connectivity index (χ0v) is 20.1. The molecule has 1 heteroatoms. The molecule has 0 amide bonds. The fourth-order valence-corrected chi connectivity index (χ4v) is 7.89. The molecule has 3 saturated carbocycles. The zero-order chi connectivity index (χ0) is 21.8. The lowest BCUT2D eigenvalue weighted by atomic mass is 9.56. The first-order chi connectivity index (χ1) is 15.1. The van der Waals surface area contributed by atoms with Crippen molar-refractivity contribution < 1.29 is 4.39 Å². The summed E-state index contributed by atoms with van der Waals surface area (Å²) in [4.78, 5) is 0. The monoisotopic (exact) mass is 424 g/mol. The van der Waals surface area contributed by atoms with E-state index >= 15 is 0 Å². The van der Waals surface area contributed by atoms with E-state index in [0.717, 1.165) is 35.5 Å². The first-order valence-electron chi connectivity index (χ1n) is 13.5. The molecule has 0 aliphatic heterocycles. The van der Waals surface area contributed by atoms with Crippen LogP contribution in [0.15, 0.2) is 36.9 Å². The highest BCUT2D eigenvalue weighted by atomic mass is 19.1. The van der Waals surface area contributed by atoms with Crippen LogP contribution in [0.3, 0.4) is 0 Å². The van der Waals surface area contributed by atoms with Crippen LogP contribution in [0.1, 0.15) is 102 Å². The summed E-state index contributed by atoms with van der Waals surface area (Å²) < 4.78 is 13.6. The van der Waals surface area contributed by atoms with E-state index in [0.29, 0.717) is 11.8 Å². The van der Waals surface area contributed by atoms with Gasteiger partial charge in [0.15, 0.2) is 0 Å². The topological polar surface area (TPSA) is 0 Å². The maximum absolute atomic E-state index is 13.6. The van der Waals surface area contributed by atoms with Crippen molar-refractivity contribution in [3.63, 3.8) is 0 Å². The van der Waals surface area contributed by atoms with E-state index < -0.39 is 0 Å². The molecule has 0 saturated heterocycles. The molecule has 0 N–H and O–H groups in total. The zero-order valence-electron chi connectivity index (χ0n) is 20.1. The highest BCUT2D eigenvalue weighted by molar-refractivity contribution is 5.22. The minimum absolute atomic E-state index is 0.101. The molecule has 0 aromatic heterocycles. The van der Waals surface area contributed by atoms with Gasteiger partial charge >= 0.3 is 0 Å². The molecular weight excluding hydrogens is 379 g/mol. The third kappa shape index (κ3) is 5.45. The van der Waals surface area contributed by atoms with Gasteiger partial charge in [-0.05, 0) is 110 Å². The van der Waals surface area contributed by atoms with Gasteiger partial charge in [-0.2, -0.15) is 0 Å². The molecule has 6 atom stereocenters. The largest absolute Gasteiger partial charge is 0.207 e. The number of allylic oxidation sites excluding steroid dienone is 1. The lowest BCUT2D eigenvalue weighted by Crippen LogP contribution is -2.40. The second-order valence-electron chi connectivity index (χ2n) is 11.4. The van der Waals surface area contributed by atoms with Crippen molar-refractivity contribution in [2.45, 2.75) is 96.8 Å². The Bertz CT molecular complexity index is 683. The van der Waals surface area contributed by atoms with E-state index in [2.05, 4.69) is 38.6 Å². The molecule has 0 spiro atoms. The van der Waals surface area contributed by atoms with Crippen molar-refractivity contribution in [1.29, 1.82) is 0 Å². The van der Waals surface area contributed by atoms with Gasteiger partial charge in [-0.1, -0.05) is 64.2 Å². The lowest BCUT2D eigenvalue weighted by Gasteiger charge is -2.49. The van der Waals surface area contributed by atoms with Gasteiger partial charge in [0.2, 0.25) is 0 Å². The summed E-state index contributed by atoms with van der Waals surface area (Å²) in [7, 11) is 0. The molecule has 1 aromatic carbocycles. The summed E-state index contributed by atoms with van der Waals surface area (Å²) in [5.41, 5.74) is 1.39. The van der Waals surface area contributed by atoms with Gasteiger partial charge in [0.1, 0.15) is 5.82 Å². The highest BCUT2D eigenvalue weighted by Crippen LogP contribution is 2.54. The van der Waals surface area contributed by atoms with Crippen LogP contribution in [0.5, 0.6) is 0 Å². The average Bonchev–Trinajstić information content (AvgIpc) is 2.80. The minimum atomic E-state index is -0.101. The minimum Gasteiger partial charge on any atom is -0.207 e.